The Morgan fingerprint density at radius 3 is 2.78 bits per heavy atom. The minimum atomic E-state index is -0.256. The van der Waals surface area contributed by atoms with Gasteiger partial charge in [-0.1, -0.05) is 0 Å². The van der Waals surface area contributed by atoms with Crippen molar-refractivity contribution in [2.24, 2.45) is 5.73 Å². The number of hydrogen-bond acceptors (Lipinski definition) is 3. The highest BCUT2D eigenvalue weighted by Gasteiger charge is 2.32. The molecule has 1 saturated heterocycles. The van der Waals surface area contributed by atoms with E-state index in [4.69, 9.17) is 5.73 Å². The Morgan fingerprint density at radius 2 is 2.11 bits per heavy atom. The number of likely N-dealkylation sites (tertiary alicyclic amines) is 1. The first-order valence-electron chi connectivity index (χ1n) is 7.00. The number of carbonyl (C=O) groups is 2. The van der Waals surface area contributed by atoms with E-state index in [1.165, 1.54) is 12.8 Å². The third-order valence-electron chi connectivity index (χ3n) is 3.65. The molecule has 5 heteroatoms. The molecule has 102 valence electrons. The van der Waals surface area contributed by atoms with Crippen LogP contribution >= 0.6 is 0 Å². The smallest absolute Gasteiger partial charge is 0.239 e. The zero-order valence-corrected chi connectivity index (χ0v) is 10.9. The van der Waals surface area contributed by atoms with Gasteiger partial charge in [-0.15, -0.1) is 0 Å². The first kappa shape index (κ1) is 13.3. The number of rotatable bonds is 7. The van der Waals surface area contributed by atoms with E-state index >= 15 is 0 Å². The van der Waals surface area contributed by atoms with Crippen LogP contribution in [0.15, 0.2) is 0 Å². The lowest BCUT2D eigenvalue weighted by atomic mass is 10.0. The van der Waals surface area contributed by atoms with Gasteiger partial charge in [0.05, 0.1) is 6.04 Å². The van der Waals surface area contributed by atoms with Crippen molar-refractivity contribution in [2.45, 2.75) is 57.0 Å². The quantitative estimate of drug-likeness (QED) is 0.644. The molecule has 1 aliphatic carbocycles. The predicted molar refractivity (Wildman–Crippen MR) is 68.8 cm³/mol. The number of nitrogens with two attached hydrogens (primary N) is 1. The van der Waals surface area contributed by atoms with Crippen molar-refractivity contribution in [3.63, 3.8) is 0 Å². The van der Waals surface area contributed by atoms with Crippen molar-refractivity contribution in [1.82, 2.24) is 10.2 Å². The second-order valence-electron chi connectivity index (χ2n) is 5.38. The molecule has 1 heterocycles. The van der Waals surface area contributed by atoms with Gasteiger partial charge >= 0.3 is 0 Å². The number of amides is 2. The number of unbranched alkanes of at least 4 members (excludes halogenated alkanes) is 1. The Bertz CT molecular complexity index is 315. The molecule has 0 aromatic rings. The molecular formula is C13H23N3O2. The summed E-state index contributed by atoms with van der Waals surface area (Å²) in [5.41, 5.74) is 5.09. The van der Waals surface area contributed by atoms with Crippen LogP contribution in [0.3, 0.4) is 0 Å². The molecular weight excluding hydrogens is 230 g/mol. The van der Waals surface area contributed by atoms with Gasteiger partial charge in [0.2, 0.25) is 11.8 Å². The van der Waals surface area contributed by atoms with E-state index in [1.54, 1.807) is 0 Å². The second-order valence-corrected chi connectivity index (χ2v) is 5.38. The minimum Gasteiger partial charge on any atom is -0.370 e. The maximum Gasteiger partial charge on any atom is 0.239 e. The number of carbonyl (C=O) groups excluding carboxylic acids is 2. The van der Waals surface area contributed by atoms with Crippen molar-refractivity contribution in [1.29, 1.82) is 0 Å². The maximum absolute atomic E-state index is 12.2. The molecule has 1 saturated carbocycles. The van der Waals surface area contributed by atoms with E-state index in [9.17, 15) is 9.59 Å². The third kappa shape index (κ3) is 3.98. The van der Waals surface area contributed by atoms with E-state index in [1.807, 2.05) is 4.90 Å². The van der Waals surface area contributed by atoms with Crippen molar-refractivity contribution in [3.8, 4) is 0 Å². The van der Waals surface area contributed by atoms with Gasteiger partial charge in [0.25, 0.3) is 0 Å². The van der Waals surface area contributed by atoms with Crippen molar-refractivity contribution in [3.05, 3.63) is 0 Å². The Labute approximate surface area is 108 Å². The normalized spacial score (nSPS) is 24.3. The molecule has 0 spiro atoms. The lowest BCUT2D eigenvalue weighted by molar-refractivity contribution is -0.136. The highest BCUT2D eigenvalue weighted by Crippen LogP contribution is 2.22. The van der Waals surface area contributed by atoms with E-state index in [-0.39, 0.29) is 17.9 Å². The lowest BCUT2D eigenvalue weighted by Gasteiger charge is -2.32. The minimum absolute atomic E-state index is 0.0300. The summed E-state index contributed by atoms with van der Waals surface area (Å²) in [7, 11) is 0. The number of primary amides is 1. The third-order valence-corrected chi connectivity index (χ3v) is 3.65. The number of hydrogen-bond donors (Lipinski definition) is 2. The standard InChI is InChI=1S/C13H23N3O2/c14-12(17)5-1-2-8-16-9-3-4-11(13(16)18)15-10-6-7-10/h10-11,15H,1-9H2,(H2,14,17). The largest absolute Gasteiger partial charge is 0.370 e. The van der Waals surface area contributed by atoms with Gasteiger partial charge in [-0.25, -0.2) is 0 Å². The van der Waals surface area contributed by atoms with Crippen LogP contribution in [0, 0.1) is 0 Å². The zero-order chi connectivity index (χ0) is 13.0. The monoisotopic (exact) mass is 253 g/mol. The Kier molecular flexibility index (Phi) is 4.58. The van der Waals surface area contributed by atoms with Gasteiger partial charge in [-0.3, -0.25) is 9.59 Å². The summed E-state index contributed by atoms with van der Waals surface area (Å²) in [6.45, 7) is 1.62. The van der Waals surface area contributed by atoms with Crippen molar-refractivity contribution in [2.75, 3.05) is 13.1 Å². The Balaban J connectivity index is 1.70. The van der Waals surface area contributed by atoms with Crippen LogP contribution < -0.4 is 11.1 Å². The van der Waals surface area contributed by atoms with Crippen LogP contribution in [-0.4, -0.2) is 41.9 Å². The van der Waals surface area contributed by atoms with E-state index in [0.717, 1.165) is 38.8 Å². The highest BCUT2D eigenvalue weighted by molar-refractivity contribution is 5.82. The molecule has 0 aromatic heterocycles. The molecule has 2 aliphatic rings. The number of nitrogens with zero attached hydrogens (tertiary/aromatic N) is 1. The first-order chi connectivity index (χ1) is 8.66. The molecule has 1 unspecified atom stereocenters. The topological polar surface area (TPSA) is 75.4 Å². The molecule has 2 amide bonds. The lowest BCUT2D eigenvalue weighted by Crippen LogP contribution is -2.51. The molecule has 3 N–H and O–H groups in total. The fourth-order valence-electron chi connectivity index (χ4n) is 2.45. The fraction of sp³-hybridized carbons (Fsp3) is 0.846. The summed E-state index contributed by atoms with van der Waals surface area (Å²) >= 11 is 0. The molecule has 1 atom stereocenters. The number of nitrogens with one attached hydrogen (secondary N) is 1. The van der Waals surface area contributed by atoms with Gasteiger partial charge < -0.3 is 16.0 Å². The van der Waals surface area contributed by atoms with E-state index in [0.29, 0.717) is 12.5 Å². The maximum atomic E-state index is 12.2. The Hall–Kier alpha value is -1.10. The van der Waals surface area contributed by atoms with Crippen LogP contribution in [0.2, 0.25) is 0 Å². The summed E-state index contributed by atoms with van der Waals surface area (Å²) in [5, 5.41) is 3.42. The van der Waals surface area contributed by atoms with Crippen molar-refractivity contribution >= 4 is 11.8 Å². The fourth-order valence-corrected chi connectivity index (χ4v) is 2.45. The SMILES string of the molecule is NC(=O)CCCCN1CCCC(NC2CC2)C1=O. The summed E-state index contributed by atoms with van der Waals surface area (Å²) in [6.07, 6.45) is 6.53. The molecule has 2 fully saturated rings. The Morgan fingerprint density at radius 1 is 1.33 bits per heavy atom. The first-order valence-corrected chi connectivity index (χ1v) is 7.00. The van der Waals surface area contributed by atoms with Crippen LogP contribution in [-0.2, 0) is 9.59 Å². The van der Waals surface area contributed by atoms with Gasteiger partial charge in [-0.05, 0) is 38.5 Å². The molecule has 0 bridgehead atoms. The molecule has 18 heavy (non-hydrogen) atoms. The van der Waals surface area contributed by atoms with Crippen LogP contribution in [0.25, 0.3) is 0 Å². The van der Waals surface area contributed by atoms with Gasteiger partial charge in [0.1, 0.15) is 0 Å². The summed E-state index contributed by atoms with van der Waals surface area (Å²) in [4.78, 5) is 24.8. The summed E-state index contributed by atoms with van der Waals surface area (Å²) < 4.78 is 0. The molecule has 0 aromatic carbocycles. The molecule has 0 radical (unpaired) electrons. The van der Waals surface area contributed by atoms with Gasteiger partial charge in [0, 0.05) is 25.6 Å². The summed E-state index contributed by atoms with van der Waals surface area (Å²) in [5.74, 6) is -0.0135. The molecule has 1 aliphatic heterocycles. The van der Waals surface area contributed by atoms with Crippen LogP contribution in [0.5, 0.6) is 0 Å². The molecule has 5 nitrogen and oxygen atoms in total. The van der Waals surface area contributed by atoms with Gasteiger partial charge in [-0.2, -0.15) is 0 Å². The van der Waals surface area contributed by atoms with Crippen molar-refractivity contribution < 1.29 is 9.59 Å². The zero-order valence-electron chi connectivity index (χ0n) is 10.9. The second kappa shape index (κ2) is 6.18. The van der Waals surface area contributed by atoms with Crippen LogP contribution in [0.4, 0.5) is 0 Å². The highest BCUT2D eigenvalue weighted by atomic mass is 16.2. The average Bonchev–Trinajstić information content (AvgIpc) is 3.12. The number of piperidine rings is 1. The predicted octanol–water partition coefficient (Wildman–Crippen LogP) is 0.385. The van der Waals surface area contributed by atoms with Crippen LogP contribution in [0.1, 0.15) is 44.9 Å². The van der Waals surface area contributed by atoms with E-state index in [2.05, 4.69) is 5.32 Å². The van der Waals surface area contributed by atoms with E-state index < -0.39 is 0 Å². The average molecular weight is 253 g/mol. The molecule has 2 rings (SSSR count). The summed E-state index contributed by atoms with van der Waals surface area (Å²) in [6, 6.07) is 0.608. The van der Waals surface area contributed by atoms with Gasteiger partial charge in [0.15, 0.2) is 0 Å².